The Labute approximate surface area is 91.2 Å². The standard InChI is InChI=1S/C12H20N2O/c1-10-6-12(7-10,9-13)14(2)8-11-4-3-5-15-11/h3-5,10H,6-9,13H2,1-2H3. The minimum Gasteiger partial charge on any atom is -0.468 e. The van der Waals surface area contributed by atoms with Crippen LogP contribution in [0.25, 0.3) is 0 Å². The Hall–Kier alpha value is -0.800. The van der Waals surface area contributed by atoms with Gasteiger partial charge in [-0.05, 0) is 37.9 Å². The van der Waals surface area contributed by atoms with Crippen molar-refractivity contribution in [3.8, 4) is 0 Å². The van der Waals surface area contributed by atoms with E-state index in [9.17, 15) is 0 Å². The summed E-state index contributed by atoms with van der Waals surface area (Å²) >= 11 is 0. The Morgan fingerprint density at radius 3 is 2.80 bits per heavy atom. The summed E-state index contributed by atoms with van der Waals surface area (Å²) in [6.07, 6.45) is 4.14. The zero-order chi connectivity index (χ0) is 10.9. The summed E-state index contributed by atoms with van der Waals surface area (Å²) in [6.45, 7) is 3.89. The van der Waals surface area contributed by atoms with Crippen molar-refractivity contribution >= 4 is 0 Å². The molecule has 1 aromatic rings. The second-order valence-electron chi connectivity index (χ2n) is 4.88. The fraction of sp³-hybridized carbons (Fsp3) is 0.667. The molecule has 84 valence electrons. The fourth-order valence-electron chi connectivity index (χ4n) is 2.68. The molecule has 1 saturated carbocycles. The van der Waals surface area contributed by atoms with E-state index in [1.807, 2.05) is 12.1 Å². The monoisotopic (exact) mass is 208 g/mol. The van der Waals surface area contributed by atoms with E-state index in [0.717, 1.165) is 24.8 Å². The number of furan rings is 1. The summed E-state index contributed by atoms with van der Waals surface area (Å²) in [4.78, 5) is 2.34. The van der Waals surface area contributed by atoms with Gasteiger partial charge in [-0.3, -0.25) is 4.90 Å². The topological polar surface area (TPSA) is 42.4 Å². The lowest BCUT2D eigenvalue weighted by molar-refractivity contribution is -0.00339. The molecule has 1 fully saturated rings. The van der Waals surface area contributed by atoms with Crippen LogP contribution >= 0.6 is 0 Å². The molecule has 0 aliphatic heterocycles. The predicted molar refractivity (Wildman–Crippen MR) is 60.4 cm³/mol. The maximum Gasteiger partial charge on any atom is 0.117 e. The Kier molecular flexibility index (Phi) is 2.85. The third kappa shape index (κ3) is 1.94. The first-order valence-electron chi connectivity index (χ1n) is 5.60. The van der Waals surface area contributed by atoms with Gasteiger partial charge < -0.3 is 10.2 Å². The third-order valence-corrected chi connectivity index (χ3v) is 3.62. The minimum atomic E-state index is 0.214. The summed E-state index contributed by atoms with van der Waals surface area (Å²) < 4.78 is 5.36. The van der Waals surface area contributed by atoms with Crippen LogP contribution in [0.3, 0.4) is 0 Å². The molecule has 3 heteroatoms. The van der Waals surface area contributed by atoms with Crippen molar-refractivity contribution in [2.75, 3.05) is 13.6 Å². The van der Waals surface area contributed by atoms with E-state index < -0.39 is 0 Å². The molecule has 0 bridgehead atoms. The predicted octanol–water partition coefficient (Wildman–Crippen LogP) is 1.84. The maximum absolute atomic E-state index is 5.89. The van der Waals surface area contributed by atoms with Crippen molar-refractivity contribution in [1.29, 1.82) is 0 Å². The van der Waals surface area contributed by atoms with Gasteiger partial charge >= 0.3 is 0 Å². The van der Waals surface area contributed by atoms with E-state index in [0.29, 0.717) is 0 Å². The van der Waals surface area contributed by atoms with E-state index in [1.54, 1.807) is 6.26 Å². The van der Waals surface area contributed by atoms with E-state index in [-0.39, 0.29) is 5.54 Å². The van der Waals surface area contributed by atoms with Crippen molar-refractivity contribution in [2.45, 2.75) is 31.8 Å². The molecule has 0 saturated heterocycles. The molecule has 3 nitrogen and oxygen atoms in total. The lowest BCUT2D eigenvalue weighted by atomic mass is 9.68. The Morgan fingerprint density at radius 1 is 1.60 bits per heavy atom. The van der Waals surface area contributed by atoms with Crippen LogP contribution in [-0.2, 0) is 6.54 Å². The highest BCUT2D eigenvalue weighted by Gasteiger charge is 2.44. The molecule has 0 radical (unpaired) electrons. The van der Waals surface area contributed by atoms with E-state index >= 15 is 0 Å². The molecule has 0 amide bonds. The van der Waals surface area contributed by atoms with Crippen LogP contribution in [0.15, 0.2) is 22.8 Å². The van der Waals surface area contributed by atoms with E-state index in [2.05, 4.69) is 18.9 Å². The van der Waals surface area contributed by atoms with Gasteiger partial charge in [0.25, 0.3) is 0 Å². The second kappa shape index (κ2) is 3.99. The molecule has 0 aromatic carbocycles. The normalized spacial score (nSPS) is 30.5. The van der Waals surface area contributed by atoms with Crippen LogP contribution in [0.2, 0.25) is 0 Å². The lowest BCUT2D eigenvalue weighted by Gasteiger charge is -2.51. The van der Waals surface area contributed by atoms with Crippen LogP contribution < -0.4 is 5.73 Å². The van der Waals surface area contributed by atoms with Gasteiger partial charge in [-0.1, -0.05) is 6.92 Å². The molecule has 1 aliphatic carbocycles. The molecule has 0 spiro atoms. The Balaban J connectivity index is 1.98. The molecule has 0 unspecified atom stereocenters. The van der Waals surface area contributed by atoms with Crippen LogP contribution in [0.5, 0.6) is 0 Å². The highest BCUT2D eigenvalue weighted by atomic mass is 16.3. The van der Waals surface area contributed by atoms with Crippen LogP contribution in [0.1, 0.15) is 25.5 Å². The average molecular weight is 208 g/mol. The van der Waals surface area contributed by atoms with Crippen molar-refractivity contribution in [1.82, 2.24) is 4.90 Å². The van der Waals surface area contributed by atoms with Gasteiger partial charge in [0.05, 0.1) is 12.8 Å². The molecule has 1 heterocycles. The Morgan fingerprint density at radius 2 is 2.33 bits per heavy atom. The SMILES string of the molecule is CC1CC(CN)(N(C)Cc2ccco2)C1. The molecule has 15 heavy (non-hydrogen) atoms. The highest BCUT2D eigenvalue weighted by Crippen LogP contribution is 2.41. The number of rotatable bonds is 4. The van der Waals surface area contributed by atoms with Crippen molar-refractivity contribution in [3.63, 3.8) is 0 Å². The molecule has 1 aromatic heterocycles. The maximum atomic E-state index is 5.89. The van der Waals surface area contributed by atoms with Gasteiger partial charge in [0.15, 0.2) is 0 Å². The van der Waals surface area contributed by atoms with Crippen molar-refractivity contribution in [3.05, 3.63) is 24.2 Å². The van der Waals surface area contributed by atoms with Gasteiger partial charge in [-0.25, -0.2) is 0 Å². The van der Waals surface area contributed by atoms with Crippen LogP contribution in [0.4, 0.5) is 0 Å². The van der Waals surface area contributed by atoms with Crippen molar-refractivity contribution in [2.24, 2.45) is 11.7 Å². The number of nitrogens with zero attached hydrogens (tertiary/aromatic N) is 1. The second-order valence-corrected chi connectivity index (χ2v) is 4.88. The van der Waals surface area contributed by atoms with Crippen LogP contribution in [0, 0.1) is 5.92 Å². The summed E-state index contributed by atoms with van der Waals surface area (Å²) in [5, 5.41) is 0. The molecular formula is C12H20N2O. The quantitative estimate of drug-likeness (QED) is 0.821. The number of hydrogen-bond acceptors (Lipinski definition) is 3. The van der Waals surface area contributed by atoms with Gasteiger partial charge in [0, 0.05) is 12.1 Å². The Bertz CT molecular complexity index is 301. The van der Waals surface area contributed by atoms with Crippen molar-refractivity contribution < 1.29 is 4.42 Å². The first-order valence-corrected chi connectivity index (χ1v) is 5.60. The number of hydrogen-bond donors (Lipinski definition) is 1. The van der Waals surface area contributed by atoms with Crippen LogP contribution in [-0.4, -0.2) is 24.0 Å². The summed E-state index contributed by atoms with van der Waals surface area (Å²) in [7, 11) is 2.14. The first kappa shape index (κ1) is 10.7. The largest absolute Gasteiger partial charge is 0.468 e. The molecule has 0 atom stereocenters. The van der Waals surface area contributed by atoms with Gasteiger partial charge in [-0.15, -0.1) is 0 Å². The molecule has 2 rings (SSSR count). The van der Waals surface area contributed by atoms with Gasteiger partial charge in [0.2, 0.25) is 0 Å². The molecule has 2 N–H and O–H groups in total. The summed E-state index contributed by atoms with van der Waals surface area (Å²) in [5.41, 5.74) is 6.10. The fourth-order valence-corrected chi connectivity index (χ4v) is 2.68. The lowest BCUT2D eigenvalue weighted by Crippen LogP contribution is -2.59. The first-order chi connectivity index (χ1) is 7.16. The highest BCUT2D eigenvalue weighted by molar-refractivity contribution is 5.04. The smallest absolute Gasteiger partial charge is 0.117 e. The summed E-state index contributed by atoms with van der Waals surface area (Å²) in [5.74, 6) is 1.83. The number of likely N-dealkylation sites (N-methyl/N-ethyl adjacent to an activating group) is 1. The zero-order valence-corrected chi connectivity index (χ0v) is 9.57. The van der Waals surface area contributed by atoms with Gasteiger partial charge in [-0.2, -0.15) is 0 Å². The number of nitrogens with two attached hydrogens (primary N) is 1. The minimum absolute atomic E-state index is 0.214. The third-order valence-electron chi connectivity index (χ3n) is 3.62. The van der Waals surface area contributed by atoms with E-state index in [1.165, 1.54) is 12.8 Å². The van der Waals surface area contributed by atoms with Gasteiger partial charge in [0.1, 0.15) is 5.76 Å². The molecule has 1 aliphatic rings. The average Bonchev–Trinajstić information content (AvgIpc) is 2.64. The van der Waals surface area contributed by atoms with E-state index in [4.69, 9.17) is 10.2 Å². The summed E-state index contributed by atoms with van der Waals surface area (Å²) in [6, 6.07) is 3.95. The molecular weight excluding hydrogens is 188 g/mol. The zero-order valence-electron chi connectivity index (χ0n) is 9.57.